The van der Waals surface area contributed by atoms with Gasteiger partial charge >= 0.3 is 0 Å². The molecule has 0 radical (unpaired) electrons. The van der Waals surface area contributed by atoms with Gasteiger partial charge in [0, 0.05) is 41.1 Å². The van der Waals surface area contributed by atoms with Gasteiger partial charge in [-0.25, -0.2) is 0 Å². The topological polar surface area (TPSA) is 64.9 Å². The average Bonchev–Trinajstić information content (AvgIpc) is 2.66. The van der Waals surface area contributed by atoms with Gasteiger partial charge in [-0.3, -0.25) is 4.99 Å². The van der Waals surface area contributed by atoms with Gasteiger partial charge in [0.15, 0.2) is 0 Å². The molecule has 2 bridgehead atoms. The number of hydrogen-bond acceptors (Lipinski definition) is 4. The Hall–Kier alpha value is -2.85. The smallest absolute Gasteiger partial charge is 0.121 e. The van der Waals surface area contributed by atoms with Crippen LogP contribution < -0.4 is 5.32 Å². The number of rotatable bonds is 3. The van der Waals surface area contributed by atoms with Gasteiger partial charge in [0.25, 0.3) is 0 Å². The molecule has 144 valence electrons. The Morgan fingerprint density at radius 2 is 2.18 bits per heavy atom. The Labute approximate surface area is 166 Å². The summed E-state index contributed by atoms with van der Waals surface area (Å²) in [5.41, 5.74) is 6.91. The van der Waals surface area contributed by atoms with E-state index in [-0.39, 0.29) is 12.4 Å². The predicted molar refractivity (Wildman–Crippen MR) is 113 cm³/mol. The fourth-order valence-corrected chi connectivity index (χ4v) is 4.72. The summed E-state index contributed by atoms with van der Waals surface area (Å²) in [6, 6.07) is 5.21. The van der Waals surface area contributed by atoms with E-state index in [1.807, 2.05) is 18.4 Å². The molecule has 2 aliphatic carbocycles. The standard InChI is InChI=1S/C24H26N2O2/c1-4-20-18-9-15(2)12-24(20,21-7-5-16(3)26-22(21)11-18)25-13-17-6-8-23(28)19(10-17)14-27/h4-10,13,18,26-28H,3,11-12,14H2,1-2H3. The summed E-state index contributed by atoms with van der Waals surface area (Å²) in [7, 11) is 0. The predicted octanol–water partition coefficient (Wildman–Crippen LogP) is 4.29. The number of dihydropyridines is 1. The SMILES string of the molecule is C=C1C=CC2=C(CC3C=C(C)CC2(N=Cc2ccc(O)c(CO)c2)C3=CC)N1. The van der Waals surface area contributed by atoms with Crippen molar-refractivity contribution < 1.29 is 10.2 Å². The monoisotopic (exact) mass is 374 g/mol. The van der Waals surface area contributed by atoms with E-state index in [1.54, 1.807) is 12.1 Å². The van der Waals surface area contributed by atoms with Crippen LogP contribution in [-0.2, 0) is 6.61 Å². The van der Waals surface area contributed by atoms with E-state index in [9.17, 15) is 10.2 Å². The molecule has 3 aliphatic rings. The molecule has 3 N–H and O–H groups in total. The van der Waals surface area contributed by atoms with Gasteiger partial charge in [0.05, 0.1) is 6.61 Å². The third-order valence-corrected chi connectivity index (χ3v) is 5.87. The number of allylic oxidation sites excluding steroid dienone is 4. The van der Waals surface area contributed by atoms with Gasteiger partial charge in [-0.15, -0.1) is 0 Å². The van der Waals surface area contributed by atoms with Crippen LogP contribution in [0.3, 0.4) is 0 Å². The van der Waals surface area contributed by atoms with Gasteiger partial charge in [0.1, 0.15) is 11.3 Å². The first-order chi connectivity index (χ1) is 13.5. The van der Waals surface area contributed by atoms with Crippen LogP contribution >= 0.6 is 0 Å². The van der Waals surface area contributed by atoms with Gasteiger partial charge in [-0.2, -0.15) is 0 Å². The molecule has 4 rings (SSSR count). The molecular formula is C24H26N2O2. The third-order valence-electron chi connectivity index (χ3n) is 5.87. The number of benzene rings is 1. The molecule has 28 heavy (non-hydrogen) atoms. The maximum atomic E-state index is 9.83. The first-order valence-electron chi connectivity index (χ1n) is 9.66. The summed E-state index contributed by atoms with van der Waals surface area (Å²) >= 11 is 0. The average molecular weight is 374 g/mol. The zero-order valence-electron chi connectivity index (χ0n) is 16.4. The van der Waals surface area contributed by atoms with Crippen LogP contribution in [0.15, 0.2) is 82.2 Å². The largest absolute Gasteiger partial charge is 0.508 e. The van der Waals surface area contributed by atoms with Crippen molar-refractivity contribution in [3.63, 3.8) is 0 Å². The Balaban J connectivity index is 1.84. The Bertz CT molecular complexity index is 994. The summed E-state index contributed by atoms with van der Waals surface area (Å²) in [6.45, 7) is 8.12. The van der Waals surface area contributed by atoms with Crippen LogP contribution in [0.25, 0.3) is 0 Å². The highest BCUT2D eigenvalue weighted by atomic mass is 16.3. The van der Waals surface area contributed by atoms with Crippen LogP contribution in [0, 0.1) is 5.92 Å². The maximum absolute atomic E-state index is 9.83. The van der Waals surface area contributed by atoms with Gasteiger partial charge in [-0.1, -0.05) is 30.4 Å². The number of aliphatic hydroxyl groups is 1. The van der Waals surface area contributed by atoms with Gasteiger partial charge in [-0.05, 0) is 55.7 Å². The van der Waals surface area contributed by atoms with Crippen molar-refractivity contribution in [2.24, 2.45) is 10.9 Å². The van der Waals surface area contributed by atoms with E-state index >= 15 is 0 Å². The minimum Gasteiger partial charge on any atom is -0.508 e. The lowest BCUT2D eigenvalue weighted by Crippen LogP contribution is -2.44. The quantitative estimate of drug-likeness (QED) is 0.546. The summed E-state index contributed by atoms with van der Waals surface area (Å²) in [5.74, 6) is 0.429. The van der Waals surface area contributed by atoms with Gasteiger partial charge in [0.2, 0.25) is 0 Å². The van der Waals surface area contributed by atoms with Crippen LogP contribution in [0.4, 0.5) is 0 Å². The lowest BCUT2D eigenvalue weighted by molar-refractivity contribution is 0.275. The molecule has 2 unspecified atom stereocenters. The molecule has 0 spiro atoms. The summed E-state index contributed by atoms with van der Waals surface area (Å²) in [4.78, 5) is 5.15. The zero-order chi connectivity index (χ0) is 19.9. The van der Waals surface area contributed by atoms with Crippen molar-refractivity contribution in [2.75, 3.05) is 0 Å². The van der Waals surface area contributed by atoms with Crippen LogP contribution in [-0.4, -0.2) is 22.0 Å². The van der Waals surface area contributed by atoms with Gasteiger partial charge < -0.3 is 15.5 Å². The fourth-order valence-electron chi connectivity index (χ4n) is 4.72. The molecule has 0 saturated carbocycles. The van der Waals surface area contributed by atoms with Crippen molar-refractivity contribution in [3.8, 4) is 5.75 Å². The van der Waals surface area contributed by atoms with E-state index in [4.69, 9.17) is 4.99 Å². The van der Waals surface area contributed by atoms with E-state index in [0.717, 1.165) is 24.1 Å². The first kappa shape index (κ1) is 18.5. The second-order valence-electron chi connectivity index (χ2n) is 7.78. The molecule has 1 heterocycles. The highest BCUT2D eigenvalue weighted by molar-refractivity contribution is 5.82. The van der Waals surface area contributed by atoms with Crippen molar-refractivity contribution in [2.45, 2.75) is 38.8 Å². The first-order valence-corrected chi connectivity index (χ1v) is 9.66. The number of aromatic hydroxyl groups is 1. The van der Waals surface area contributed by atoms with E-state index < -0.39 is 5.54 Å². The number of nitrogens with one attached hydrogen (secondary N) is 1. The molecule has 0 saturated heterocycles. The fraction of sp³-hybridized carbons (Fsp3) is 0.292. The van der Waals surface area contributed by atoms with Crippen molar-refractivity contribution in [3.05, 3.63) is 88.3 Å². The number of nitrogens with zero attached hydrogens (tertiary/aromatic N) is 1. The summed E-state index contributed by atoms with van der Waals surface area (Å²) in [5, 5.41) is 22.7. The Morgan fingerprint density at radius 1 is 1.36 bits per heavy atom. The van der Waals surface area contributed by atoms with Crippen molar-refractivity contribution in [1.29, 1.82) is 0 Å². The third kappa shape index (κ3) is 2.94. The van der Waals surface area contributed by atoms with Crippen LogP contribution in [0.5, 0.6) is 5.75 Å². The molecule has 2 atom stereocenters. The van der Waals surface area contributed by atoms with Crippen LogP contribution in [0.1, 0.15) is 37.8 Å². The number of phenols is 1. The molecule has 0 amide bonds. The number of fused-ring (bicyclic) bond motifs is 3. The Kier molecular flexibility index (Phi) is 4.60. The maximum Gasteiger partial charge on any atom is 0.121 e. The molecule has 1 aromatic carbocycles. The lowest BCUT2D eigenvalue weighted by atomic mass is 9.62. The van der Waals surface area contributed by atoms with Crippen molar-refractivity contribution in [1.82, 2.24) is 5.32 Å². The highest BCUT2D eigenvalue weighted by Gasteiger charge is 2.47. The molecule has 0 aromatic heterocycles. The van der Waals surface area contributed by atoms with Crippen LogP contribution in [0.2, 0.25) is 0 Å². The number of aliphatic hydroxyl groups excluding tert-OH is 1. The minimum atomic E-state index is -0.437. The molecule has 4 heteroatoms. The molecule has 1 aliphatic heterocycles. The van der Waals surface area contributed by atoms with E-state index in [1.165, 1.54) is 22.4 Å². The molecular weight excluding hydrogens is 348 g/mol. The molecule has 4 nitrogen and oxygen atoms in total. The number of aliphatic imine (C=N–C) groups is 1. The highest BCUT2D eigenvalue weighted by Crippen LogP contribution is 2.52. The molecule has 0 fully saturated rings. The minimum absolute atomic E-state index is 0.101. The summed E-state index contributed by atoms with van der Waals surface area (Å²) in [6.07, 6.45) is 12.4. The zero-order valence-corrected chi connectivity index (χ0v) is 16.4. The molecule has 1 aromatic rings. The summed E-state index contributed by atoms with van der Waals surface area (Å²) < 4.78 is 0. The second-order valence-corrected chi connectivity index (χ2v) is 7.78. The van der Waals surface area contributed by atoms with E-state index in [2.05, 4.69) is 44.0 Å². The normalized spacial score (nSPS) is 27.8. The number of hydrogen-bond donors (Lipinski definition) is 3. The second kappa shape index (κ2) is 6.95. The Morgan fingerprint density at radius 3 is 2.93 bits per heavy atom. The van der Waals surface area contributed by atoms with E-state index in [0.29, 0.717) is 11.5 Å². The lowest BCUT2D eigenvalue weighted by Gasteiger charge is -2.47. The van der Waals surface area contributed by atoms with Crippen molar-refractivity contribution >= 4 is 6.21 Å².